The Balaban J connectivity index is 1.50. The van der Waals surface area contributed by atoms with Crippen LogP contribution in [-0.2, 0) is 9.53 Å². The van der Waals surface area contributed by atoms with Crippen LogP contribution < -0.4 is 4.90 Å². The van der Waals surface area contributed by atoms with Gasteiger partial charge in [0, 0.05) is 5.92 Å². The van der Waals surface area contributed by atoms with E-state index in [0.717, 1.165) is 19.4 Å². The molecule has 2 saturated carbocycles. The van der Waals surface area contributed by atoms with Crippen LogP contribution in [0.1, 0.15) is 58.3 Å². The molecule has 2 aliphatic carbocycles. The van der Waals surface area contributed by atoms with Gasteiger partial charge in [0.15, 0.2) is 0 Å². The lowest BCUT2D eigenvalue weighted by molar-refractivity contribution is -0.907. The first-order valence-corrected chi connectivity index (χ1v) is 9.78. The molecule has 4 rings (SSSR count). The van der Waals surface area contributed by atoms with E-state index in [-0.39, 0.29) is 18.0 Å². The van der Waals surface area contributed by atoms with Gasteiger partial charge in [0.05, 0.1) is 19.6 Å². The molecule has 0 aromatic carbocycles. The summed E-state index contributed by atoms with van der Waals surface area (Å²) in [7, 11) is 0. The number of carbonyl (C=O) groups is 1. The highest BCUT2D eigenvalue weighted by atomic mass is 16.6. The molecular formula is C20H32NO2+. The molecule has 0 aromatic rings. The number of esters is 1. The monoisotopic (exact) mass is 318 g/mol. The van der Waals surface area contributed by atoms with Gasteiger partial charge in [-0.25, -0.2) is 0 Å². The molecule has 1 N–H and O–H groups in total. The predicted octanol–water partition coefficient (Wildman–Crippen LogP) is 2.37. The Morgan fingerprint density at radius 1 is 1.26 bits per heavy atom. The number of fused-ring (bicyclic) bond motifs is 2. The number of hydrogen-bond donors (Lipinski definition) is 1. The summed E-state index contributed by atoms with van der Waals surface area (Å²) in [5.74, 6) is 1.31. The van der Waals surface area contributed by atoms with Crippen LogP contribution in [0.3, 0.4) is 0 Å². The van der Waals surface area contributed by atoms with E-state index in [4.69, 9.17) is 4.74 Å². The fourth-order valence-corrected chi connectivity index (χ4v) is 6.06. The zero-order valence-corrected chi connectivity index (χ0v) is 14.6. The Hall–Kier alpha value is -0.830. The highest BCUT2D eigenvalue weighted by Crippen LogP contribution is 2.56. The molecule has 0 amide bonds. The van der Waals surface area contributed by atoms with Crippen molar-refractivity contribution in [2.24, 2.45) is 23.2 Å². The van der Waals surface area contributed by atoms with Crippen molar-refractivity contribution in [3.05, 3.63) is 12.2 Å². The zero-order chi connectivity index (χ0) is 16.0. The van der Waals surface area contributed by atoms with Gasteiger partial charge in [0.1, 0.15) is 12.0 Å². The average Bonchev–Trinajstić information content (AvgIpc) is 2.81. The van der Waals surface area contributed by atoms with Gasteiger partial charge in [-0.3, -0.25) is 4.79 Å². The first-order chi connectivity index (χ1) is 11.1. The minimum absolute atomic E-state index is 0.103. The quantitative estimate of drug-likeness (QED) is 0.626. The topological polar surface area (TPSA) is 30.7 Å². The molecule has 0 spiro atoms. The van der Waals surface area contributed by atoms with E-state index >= 15 is 0 Å². The van der Waals surface area contributed by atoms with Crippen LogP contribution in [0.5, 0.6) is 0 Å². The van der Waals surface area contributed by atoms with Crippen molar-refractivity contribution in [3.8, 4) is 0 Å². The van der Waals surface area contributed by atoms with Crippen molar-refractivity contribution < 1.29 is 14.4 Å². The summed E-state index contributed by atoms with van der Waals surface area (Å²) in [6.45, 7) is 10.3. The van der Waals surface area contributed by atoms with Crippen molar-refractivity contribution >= 4 is 5.97 Å². The number of piperidine rings is 1. The lowest BCUT2D eigenvalue weighted by atomic mass is 9.55. The van der Waals surface area contributed by atoms with E-state index < -0.39 is 0 Å². The van der Waals surface area contributed by atoms with Crippen molar-refractivity contribution in [2.45, 2.75) is 64.4 Å². The summed E-state index contributed by atoms with van der Waals surface area (Å²) in [5, 5.41) is 0. The molecule has 128 valence electrons. The van der Waals surface area contributed by atoms with Crippen LogP contribution in [-0.4, -0.2) is 31.7 Å². The average molecular weight is 318 g/mol. The second kappa shape index (κ2) is 5.91. The Bertz CT molecular complexity index is 496. The second-order valence-electron chi connectivity index (χ2n) is 8.92. The maximum absolute atomic E-state index is 12.5. The Morgan fingerprint density at radius 3 is 2.83 bits per heavy atom. The minimum atomic E-state index is 0.103. The third-order valence-corrected chi connectivity index (χ3v) is 7.39. The van der Waals surface area contributed by atoms with E-state index in [2.05, 4.69) is 13.5 Å². The fraction of sp³-hybridized carbons (Fsp3) is 0.850. The first kappa shape index (κ1) is 15.7. The van der Waals surface area contributed by atoms with Crippen molar-refractivity contribution in [1.29, 1.82) is 0 Å². The number of hydrogen-bond acceptors (Lipinski definition) is 2. The summed E-state index contributed by atoms with van der Waals surface area (Å²) in [6.07, 6.45) is 10.1. The highest BCUT2D eigenvalue weighted by Gasteiger charge is 2.55. The lowest BCUT2D eigenvalue weighted by Crippen LogP contribution is -3.13. The van der Waals surface area contributed by atoms with Crippen LogP contribution in [0, 0.1) is 23.2 Å². The summed E-state index contributed by atoms with van der Waals surface area (Å²) >= 11 is 0. The Labute approximate surface area is 140 Å². The highest BCUT2D eigenvalue weighted by molar-refractivity contribution is 5.75. The first-order valence-electron chi connectivity index (χ1n) is 9.78. The number of ether oxygens (including phenoxy) is 1. The summed E-state index contributed by atoms with van der Waals surface area (Å²) in [4.78, 5) is 14.2. The lowest BCUT2D eigenvalue weighted by Gasteiger charge is -2.50. The van der Waals surface area contributed by atoms with Gasteiger partial charge >= 0.3 is 5.97 Å². The predicted molar refractivity (Wildman–Crippen MR) is 90.1 cm³/mol. The van der Waals surface area contributed by atoms with Gasteiger partial charge in [-0.1, -0.05) is 19.1 Å². The molecule has 0 aromatic heterocycles. The molecule has 0 bridgehead atoms. The molecule has 2 heterocycles. The normalized spacial score (nSPS) is 44.6. The molecular weight excluding hydrogens is 286 g/mol. The number of nitrogens with one attached hydrogen (secondary N) is 1. The minimum Gasteiger partial charge on any atom is -0.462 e. The fourth-order valence-electron chi connectivity index (χ4n) is 6.06. The molecule has 0 unspecified atom stereocenters. The molecule has 5 atom stereocenters. The molecule has 2 aliphatic heterocycles. The second-order valence-corrected chi connectivity index (χ2v) is 8.92. The SMILES string of the molecule is C=C1CCC[C@]2(C)C[C@H]3OC(=O)[C@H](C[NH+]4CCCCC4)[C@@H]3C[C@@H]12. The number of quaternary nitrogens is 1. The number of likely N-dealkylation sites (tertiary alicyclic amines) is 1. The molecule has 4 aliphatic rings. The van der Waals surface area contributed by atoms with Crippen molar-refractivity contribution in [2.75, 3.05) is 19.6 Å². The molecule has 4 fully saturated rings. The van der Waals surface area contributed by atoms with Gasteiger partial charge in [-0.15, -0.1) is 0 Å². The van der Waals surface area contributed by atoms with E-state index in [9.17, 15) is 4.79 Å². The third kappa shape index (κ3) is 2.75. The largest absolute Gasteiger partial charge is 0.462 e. The maximum atomic E-state index is 12.5. The van der Waals surface area contributed by atoms with Gasteiger partial charge < -0.3 is 9.64 Å². The number of carbonyl (C=O) groups excluding carboxylic acids is 1. The van der Waals surface area contributed by atoms with E-state index in [1.54, 1.807) is 4.90 Å². The Morgan fingerprint density at radius 2 is 2.04 bits per heavy atom. The molecule has 3 nitrogen and oxygen atoms in total. The zero-order valence-electron chi connectivity index (χ0n) is 14.6. The smallest absolute Gasteiger partial charge is 0.315 e. The molecule has 23 heavy (non-hydrogen) atoms. The molecule has 0 radical (unpaired) electrons. The van der Waals surface area contributed by atoms with Crippen LogP contribution in [0.2, 0.25) is 0 Å². The standard InChI is InChI=1S/C20H31NO2/c1-14-7-6-8-20(2)12-18-15(11-17(14)20)16(19(22)23-18)13-21-9-4-3-5-10-21/h15-18H,1,3-13H2,2H3/p+1/t15-,16+,17-,18+,20+/m0/s1. The summed E-state index contributed by atoms with van der Waals surface area (Å²) < 4.78 is 5.89. The van der Waals surface area contributed by atoms with Crippen molar-refractivity contribution in [3.63, 3.8) is 0 Å². The molecule has 3 heteroatoms. The van der Waals surface area contributed by atoms with Crippen LogP contribution in [0.15, 0.2) is 12.2 Å². The van der Waals surface area contributed by atoms with E-state index in [0.29, 0.717) is 17.3 Å². The third-order valence-electron chi connectivity index (χ3n) is 7.39. The van der Waals surface area contributed by atoms with E-state index in [1.165, 1.54) is 57.2 Å². The van der Waals surface area contributed by atoms with Crippen LogP contribution in [0.4, 0.5) is 0 Å². The number of rotatable bonds is 2. The van der Waals surface area contributed by atoms with Gasteiger partial charge in [0.2, 0.25) is 0 Å². The van der Waals surface area contributed by atoms with Gasteiger partial charge in [0.25, 0.3) is 0 Å². The van der Waals surface area contributed by atoms with Crippen molar-refractivity contribution in [1.82, 2.24) is 0 Å². The summed E-state index contributed by atoms with van der Waals surface area (Å²) in [6, 6.07) is 0. The van der Waals surface area contributed by atoms with Gasteiger partial charge in [-0.2, -0.15) is 0 Å². The molecule has 2 saturated heterocycles. The van der Waals surface area contributed by atoms with Crippen LogP contribution >= 0.6 is 0 Å². The van der Waals surface area contributed by atoms with Gasteiger partial charge in [-0.05, 0) is 62.7 Å². The van der Waals surface area contributed by atoms with E-state index in [1.807, 2.05) is 0 Å². The van der Waals surface area contributed by atoms with Crippen LogP contribution in [0.25, 0.3) is 0 Å². The number of allylic oxidation sites excluding steroid dienone is 1. The summed E-state index contributed by atoms with van der Waals surface area (Å²) in [5.41, 5.74) is 1.77. The maximum Gasteiger partial charge on any atom is 0.315 e. The Kier molecular flexibility index (Phi) is 4.03.